The third kappa shape index (κ3) is 2.68. The number of benzene rings is 2. The van der Waals surface area contributed by atoms with Gasteiger partial charge in [-0.1, -0.05) is 30.3 Å². The van der Waals surface area contributed by atoms with Crippen LogP contribution in [0.1, 0.15) is 5.56 Å². The molecule has 0 aliphatic rings. The van der Waals surface area contributed by atoms with Crippen LogP contribution in [0.2, 0.25) is 0 Å². The Morgan fingerprint density at radius 2 is 1.56 bits per heavy atom. The van der Waals surface area contributed by atoms with Crippen molar-refractivity contribution < 1.29 is 4.74 Å². The van der Waals surface area contributed by atoms with E-state index in [9.17, 15) is 0 Å². The molecule has 2 aromatic rings. The molecule has 0 atom stereocenters. The number of para-hydroxylation sites is 2. The summed E-state index contributed by atoms with van der Waals surface area (Å²) in [7, 11) is 0. The standard InChI is InChI=1S/C13H10ClIO/c14-9-10-5-1-3-7-12(10)16-13-8-4-2-6-11(13)15/h1-8H,9H2. The molecule has 2 rings (SSSR count). The zero-order valence-corrected chi connectivity index (χ0v) is 11.4. The van der Waals surface area contributed by atoms with Gasteiger partial charge in [0.1, 0.15) is 11.5 Å². The first kappa shape index (κ1) is 11.7. The Labute approximate surface area is 114 Å². The number of halogens is 2. The SMILES string of the molecule is ClCc1ccccc1Oc1ccccc1I. The minimum Gasteiger partial charge on any atom is -0.456 e. The Balaban J connectivity index is 2.30. The van der Waals surface area contributed by atoms with E-state index in [4.69, 9.17) is 16.3 Å². The Bertz CT molecular complexity index is 485. The van der Waals surface area contributed by atoms with Crippen LogP contribution in [0, 0.1) is 3.57 Å². The quantitative estimate of drug-likeness (QED) is 0.573. The molecule has 0 spiro atoms. The summed E-state index contributed by atoms with van der Waals surface area (Å²) in [4.78, 5) is 0. The van der Waals surface area contributed by atoms with Gasteiger partial charge in [-0.2, -0.15) is 0 Å². The summed E-state index contributed by atoms with van der Waals surface area (Å²) in [6, 6.07) is 15.7. The summed E-state index contributed by atoms with van der Waals surface area (Å²) in [6.07, 6.45) is 0. The summed E-state index contributed by atoms with van der Waals surface area (Å²) in [6.45, 7) is 0. The molecule has 0 aliphatic carbocycles. The first-order valence-corrected chi connectivity index (χ1v) is 6.49. The average Bonchev–Trinajstić information content (AvgIpc) is 2.33. The minimum absolute atomic E-state index is 0.458. The molecule has 0 fully saturated rings. The molecule has 0 saturated carbocycles. The fraction of sp³-hybridized carbons (Fsp3) is 0.0769. The molecule has 0 N–H and O–H groups in total. The summed E-state index contributed by atoms with van der Waals surface area (Å²) in [5.74, 6) is 2.14. The molecule has 3 heteroatoms. The van der Waals surface area contributed by atoms with E-state index >= 15 is 0 Å². The Morgan fingerprint density at radius 1 is 0.938 bits per heavy atom. The first-order chi connectivity index (χ1) is 7.81. The van der Waals surface area contributed by atoms with Crippen molar-refractivity contribution in [1.82, 2.24) is 0 Å². The van der Waals surface area contributed by atoms with Crippen LogP contribution >= 0.6 is 34.2 Å². The van der Waals surface area contributed by atoms with Crippen molar-refractivity contribution in [2.75, 3.05) is 0 Å². The second-order valence-electron chi connectivity index (χ2n) is 3.27. The van der Waals surface area contributed by atoms with Crippen LogP contribution in [-0.2, 0) is 5.88 Å². The van der Waals surface area contributed by atoms with Crippen molar-refractivity contribution in [3.63, 3.8) is 0 Å². The maximum absolute atomic E-state index is 5.86. The summed E-state index contributed by atoms with van der Waals surface area (Å²) < 4.78 is 6.93. The molecule has 0 unspecified atom stereocenters. The predicted molar refractivity (Wildman–Crippen MR) is 75.2 cm³/mol. The first-order valence-electron chi connectivity index (χ1n) is 4.87. The lowest BCUT2D eigenvalue weighted by molar-refractivity contribution is 0.475. The lowest BCUT2D eigenvalue weighted by Crippen LogP contribution is -1.90. The van der Waals surface area contributed by atoms with E-state index in [2.05, 4.69) is 22.6 Å². The number of ether oxygens (including phenoxy) is 1. The van der Waals surface area contributed by atoms with Crippen LogP contribution in [-0.4, -0.2) is 0 Å². The van der Waals surface area contributed by atoms with Crippen molar-refractivity contribution >= 4 is 34.2 Å². The van der Waals surface area contributed by atoms with Gasteiger partial charge in [-0.3, -0.25) is 0 Å². The molecule has 0 bridgehead atoms. The largest absolute Gasteiger partial charge is 0.456 e. The van der Waals surface area contributed by atoms with Crippen LogP contribution in [0.5, 0.6) is 11.5 Å². The molecule has 0 heterocycles. The van der Waals surface area contributed by atoms with E-state index in [-0.39, 0.29) is 0 Å². The highest BCUT2D eigenvalue weighted by molar-refractivity contribution is 14.1. The van der Waals surface area contributed by atoms with Gasteiger partial charge in [-0.05, 0) is 40.8 Å². The van der Waals surface area contributed by atoms with Gasteiger partial charge in [0.15, 0.2) is 0 Å². The van der Waals surface area contributed by atoms with Gasteiger partial charge in [0, 0.05) is 5.56 Å². The topological polar surface area (TPSA) is 9.23 Å². The van der Waals surface area contributed by atoms with Gasteiger partial charge in [0.05, 0.1) is 9.45 Å². The Morgan fingerprint density at radius 3 is 2.25 bits per heavy atom. The molecule has 0 aromatic heterocycles. The highest BCUT2D eigenvalue weighted by Gasteiger charge is 2.05. The van der Waals surface area contributed by atoms with E-state index in [0.717, 1.165) is 20.6 Å². The molecule has 0 radical (unpaired) electrons. The van der Waals surface area contributed by atoms with Gasteiger partial charge in [0.25, 0.3) is 0 Å². The number of alkyl halides is 1. The minimum atomic E-state index is 0.458. The van der Waals surface area contributed by atoms with E-state index in [1.165, 1.54) is 0 Å². The second kappa shape index (κ2) is 5.55. The van der Waals surface area contributed by atoms with Gasteiger partial charge in [-0.25, -0.2) is 0 Å². The van der Waals surface area contributed by atoms with Crippen LogP contribution in [0.25, 0.3) is 0 Å². The molecular weight excluding hydrogens is 334 g/mol. The second-order valence-corrected chi connectivity index (χ2v) is 4.70. The lowest BCUT2D eigenvalue weighted by atomic mass is 10.2. The van der Waals surface area contributed by atoms with Gasteiger partial charge in [-0.15, -0.1) is 11.6 Å². The van der Waals surface area contributed by atoms with Crippen molar-refractivity contribution in [3.8, 4) is 11.5 Å². The average molecular weight is 345 g/mol. The zero-order chi connectivity index (χ0) is 11.4. The van der Waals surface area contributed by atoms with E-state index in [1.54, 1.807) is 0 Å². The molecule has 0 amide bonds. The van der Waals surface area contributed by atoms with Crippen LogP contribution in [0.4, 0.5) is 0 Å². The molecule has 16 heavy (non-hydrogen) atoms. The number of hydrogen-bond donors (Lipinski definition) is 0. The predicted octanol–water partition coefficient (Wildman–Crippen LogP) is 4.82. The zero-order valence-electron chi connectivity index (χ0n) is 8.49. The van der Waals surface area contributed by atoms with Crippen molar-refractivity contribution in [2.24, 2.45) is 0 Å². The highest BCUT2D eigenvalue weighted by atomic mass is 127. The molecule has 1 nitrogen and oxygen atoms in total. The maximum atomic E-state index is 5.86. The van der Waals surface area contributed by atoms with Crippen molar-refractivity contribution in [1.29, 1.82) is 0 Å². The van der Waals surface area contributed by atoms with Gasteiger partial charge >= 0.3 is 0 Å². The summed E-state index contributed by atoms with van der Waals surface area (Å²) in [5.41, 5.74) is 1.00. The molecule has 0 aliphatic heterocycles. The van der Waals surface area contributed by atoms with Crippen LogP contribution in [0.15, 0.2) is 48.5 Å². The number of hydrogen-bond acceptors (Lipinski definition) is 1. The van der Waals surface area contributed by atoms with Crippen molar-refractivity contribution in [2.45, 2.75) is 5.88 Å². The third-order valence-electron chi connectivity index (χ3n) is 2.17. The van der Waals surface area contributed by atoms with Crippen LogP contribution < -0.4 is 4.74 Å². The van der Waals surface area contributed by atoms with Crippen molar-refractivity contribution in [3.05, 3.63) is 57.7 Å². The maximum Gasteiger partial charge on any atom is 0.140 e. The van der Waals surface area contributed by atoms with E-state index in [1.807, 2.05) is 48.5 Å². The van der Waals surface area contributed by atoms with E-state index in [0.29, 0.717) is 5.88 Å². The van der Waals surface area contributed by atoms with Gasteiger partial charge in [0.2, 0.25) is 0 Å². The molecule has 82 valence electrons. The smallest absolute Gasteiger partial charge is 0.140 e. The Kier molecular flexibility index (Phi) is 4.07. The highest BCUT2D eigenvalue weighted by Crippen LogP contribution is 2.29. The van der Waals surface area contributed by atoms with E-state index < -0.39 is 0 Å². The fourth-order valence-corrected chi connectivity index (χ4v) is 2.08. The van der Waals surface area contributed by atoms with Crippen LogP contribution in [0.3, 0.4) is 0 Å². The molecular formula is C13H10ClIO. The summed E-state index contributed by atoms with van der Waals surface area (Å²) >= 11 is 8.11. The number of rotatable bonds is 3. The summed E-state index contributed by atoms with van der Waals surface area (Å²) in [5, 5.41) is 0. The normalized spacial score (nSPS) is 10.1. The molecule has 0 saturated heterocycles. The fourth-order valence-electron chi connectivity index (χ4n) is 1.36. The Hall–Kier alpha value is -0.740. The third-order valence-corrected chi connectivity index (χ3v) is 3.35. The monoisotopic (exact) mass is 344 g/mol. The van der Waals surface area contributed by atoms with Gasteiger partial charge < -0.3 is 4.74 Å². The molecule has 2 aromatic carbocycles. The lowest BCUT2D eigenvalue weighted by Gasteiger charge is -2.10.